The summed E-state index contributed by atoms with van der Waals surface area (Å²) in [6.07, 6.45) is 2.83. The van der Waals surface area contributed by atoms with Crippen molar-refractivity contribution < 1.29 is 9.53 Å². The maximum atomic E-state index is 10.9. The van der Waals surface area contributed by atoms with Crippen LogP contribution in [0.3, 0.4) is 0 Å². The fraction of sp³-hybridized carbons (Fsp3) is 0.308. The van der Waals surface area contributed by atoms with E-state index in [0.717, 1.165) is 23.1 Å². The summed E-state index contributed by atoms with van der Waals surface area (Å²) in [7, 11) is 0. The van der Waals surface area contributed by atoms with Gasteiger partial charge in [-0.3, -0.25) is 4.79 Å². The van der Waals surface area contributed by atoms with E-state index in [1.165, 1.54) is 0 Å². The molecule has 90 valence electrons. The summed E-state index contributed by atoms with van der Waals surface area (Å²) in [5.41, 5.74) is 6.17. The number of hydrogen-bond donors (Lipinski definition) is 1. The molecule has 0 bridgehead atoms. The Bertz CT molecular complexity index is 531. The molecule has 1 aromatic heterocycles. The van der Waals surface area contributed by atoms with Crippen LogP contribution in [0, 0.1) is 0 Å². The predicted octanol–water partition coefficient (Wildman–Crippen LogP) is 1.92. The number of nitrogens with two attached hydrogens (primary N) is 1. The van der Waals surface area contributed by atoms with Crippen LogP contribution in [-0.2, 0) is 11.3 Å². The van der Waals surface area contributed by atoms with Gasteiger partial charge in [0.25, 0.3) is 0 Å². The standard InChI is InChI=1S/C13H16N2O2/c1-2-8-17-12-5-3-4-11-10(12)6-7-15(11)9-13(14)16/h3-7H,2,8-9H2,1H3,(H2,14,16). The smallest absolute Gasteiger partial charge is 0.237 e. The molecule has 0 atom stereocenters. The van der Waals surface area contributed by atoms with Gasteiger partial charge in [-0.1, -0.05) is 13.0 Å². The molecular weight excluding hydrogens is 216 g/mol. The van der Waals surface area contributed by atoms with Gasteiger partial charge in [0.15, 0.2) is 0 Å². The van der Waals surface area contributed by atoms with E-state index in [-0.39, 0.29) is 12.5 Å². The number of rotatable bonds is 5. The minimum atomic E-state index is -0.345. The number of carbonyl (C=O) groups excluding carboxylic acids is 1. The quantitative estimate of drug-likeness (QED) is 0.856. The number of aromatic nitrogens is 1. The number of benzene rings is 1. The number of nitrogens with zero attached hydrogens (tertiary/aromatic N) is 1. The molecule has 0 aliphatic heterocycles. The van der Waals surface area contributed by atoms with Gasteiger partial charge in [-0.05, 0) is 24.6 Å². The molecule has 4 heteroatoms. The highest BCUT2D eigenvalue weighted by Gasteiger charge is 2.07. The van der Waals surface area contributed by atoms with Crippen LogP contribution in [-0.4, -0.2) is 17.1 Å². The van der Waals surface area contributed by atoms with Gasteiger partial charge in [-0.25, -0.2) is 0 Å². The predicted molar refractivity (Wildman–Crippen MR) is 66.9 cm³/mol. The molecule has 0 aliphatic carbocycles. The van der Waals surface area contributed by atoms with Gasteiger partial charge in [0.05, 0.1) is 12.1 Å². The van der Waals surface area contributed by atoms with Crippen LogP contribution in [0.2, 0.25) is 0 Å². The molecule has 2 aromatic rings. The maximum Gasteiger partial charge on any atom is 0.237 e. The Morgan fingerprint density at radius 3 is 2.94 bits per heavy atom. The summed E-state index contributed by atoms with van der Waals surface area (Å²) in [5, 5.41) is 1.02. The molecule has 1 heterocycles. The van der Waals surface area contributed by atoms with Crippen LogP contribution < -0.4 is 10.5 Å². The molecule has 1 aromatic carbocycles. The number of ether oxygens (including phenoxy) is 1. The summed E-state index contributed by atoms with van der Waals surface area (Å²) in [4.78, 5) is 10.9. The van der Waals surface area contributed by atoms with Crippen LogP contribution in [0.4, 0.5) is 0 Å². The van der Waals surface area contributed by atoms with Crippen LogP contribution in [0.1, 0.15) is 13.3 Å². The average molecular weight is 232 g/mol. The van der Waals surface area contributed by atoms with Crippen LogP contribution in [0.5, 0.6) is 5.75 Å². The summed E-state index contributed by atoms with van der Waals surface area (Å²) >= 11 is 0. The lowest BCUT2D eigenvalue weighted by Gasteiger charge is -2.07. The Morgan fingerprint density at radius 2 is 2.24 bits per heavy atom. The van der Waals surface area contributed by atoms with Gasteiger partial charge in [0, 0.05) is 11.6 Å². The molecule has 0 aliphatic rings. The first-order valence-electron chi connectivity index (χ1n) is 5.71. The van der Waals surface area contributed by atoms with Crippen molar-refractivity contribution >= 4 is 16.8 Å². The first kappa shape index (κ1) is 11.5. The zero-order chi connectivity index (χ0) is 12.3. The Labute approximate surface area is 100.0 Å². The Morgan fingerprint density at radius 1 is 1.41 bits per heavy atom. The summed E-state index contributed by atoms with van der Waals surface area (Å²) in [6.45, 7) is 2.96. The largest absolute Gasteiger partial charge is 0.493 e. The van der Waals surface area contributed by atoms with E-state index in [4.69, 9.17) is 10.5 Å². The summed E-state index contributed by atoms with van der Waals surface area (Å²) < 4.78 is 7.49. The maximum absolute atomic E-state index is 10.9. The lowest BCUT2D eigenvalue weighted by Crippen LogP contribution is -2.17. The topological polar surface area (TPSA) is 57.2 Å². The summed E-state index contributed by atoms with van der Waals surface area (Å²) in [5.74, 6) is 0.509. The zero-order valence-electron chi connectivity index (χ0n) is 9.85. The van der Waals surface area contributed by atoms with Gasteiger partial charge < -0.3 is 15.0 Å². The highest BCUT2D eigenvalue weighted by Crippen LogP contribution is 2.26. The van der Waals surface area contributed by atoms with Crippen molar-refractivity contribution in [2.75, 3.05) is 6.61 Å². The van der Waals surface area contributed by atoms with Crippen molar-refractivity contribution in [3.8, 4) is 5.75 Å². The minimum absolute atomic E-state index is 0.195. The molecule has 0 saturated carbocycles. The fourth-order valence-electron chi connectivity index (χ4n) is 1.84. The number of hydrogen-bond acceptors (Lipinski definition) is 2. The molecule has 2 rings (SSSR count). The molecule has 0 saturated heterocycles. The first-order chi connectivity index (χ1) is 8.22. The molecule has 0 spiro atoms. The van der Waals surface area contributed by atoms with Gasteiger partial charge in [0.2, 0.25) is 5.91 Å². The van der Waals surface area contributed by atoms with Crippen LogP contribution in [0.15, 0.2) is 30.5 Å². The van der Waals surface area contributed by atoms with Crippen molar-refractivity contribution in [3.63, 3.8) is 0 Å². The first-order valence-corrected chi connectivity index (χ1v) is 5.71. The molecule has 0 radical (unpaired) electrons. The van der Waals surface area contributed by atoms with Gasteiger partial charge in [0.1, 0.15) is 12.3 Å². The molecule has 0 fully saturated rings. The molecule has 2 N–H and O–H groups in total. The van der Waals surface area contributed by atoms with Crippen molar-refractivity contribution in [2.45, 2.75) is 19.9 Å². The zero-order valence-corrected chi connectivity index (χ0v) is 9.85. The van der Waals surface area contributed by atoms with Crippen molar-refractivity contribution in [3.05, 3.63) is 30.5 Å². The second-order valence-electron chi connectivity index (χ2n) is 3.95. The van der Waals surface area contributed by atoms with Crippen LogP contribution >= 0.6 is 0 Å². The van der Waals surface area contributed by atoms with Crippen LogP contribution in [0.25, 0.3) is 10.9 Å². The lowest BCUT2D eigenvalue weighted by atomic mass is 10.2. The molecular formula is C13H16N2O2. The van der Waals surface area contributed by atoms with Crippen molar-refractivity contribution in [2.24, 2.45) is 5.73 Å². The monoisotopic (exact) mass is 232 g/mol. The fourth-order valence-corrected chi connectivity index (χ4v) is 1.84. The Hall–Kier alpha value is -1.97. The van der Waals surface area contributed by atoms with E-state index < -0.39 is 0 Å². The second kappa shape index (κ2) is 4.91. The highest BCUT2D eigenvalue weighted by molar-refractivity contribution is 5.87. The van der Waals surface area contributed by atoms with Crippen molar-refractivity contribution in [1.29, 1.82) is 0 Å². The summed E-state index contributed by atoms with van der Waals surface area (Å²) in [6, 6.07) is 7.76. The van der Waals surface area contributed by atoms with Gasteiger partial charge >= 0.3 is 0 Å². The Balaban J connectivity index is 2.38. The Kier molecular flexibility index (Phi) is 3.32. The number of primary amides is 1. The van der Waals surface area contributed by atoms with E-state index in [2.05, 4.69) is 6.92 Å². The van der Waals surface area contributed by atoms with E-state index >= 15 is 0 Å². The van der Waals surface area contributed by atoms with Gasteiger partial charge in [-0.2, -0.15) is 0 Å². The second-order valence-corrected chi connectivity index (χ2v) is 3.95. The van der Waals surface area contributed by atoms with Crippen molar-refractivity contribution in [1.82, 2.24) is 4.57 Å². The minimum Gasteiger partial charge on any atom is -0.493 e. The van der Waals surface area contributed by atoms with Gasteiger partial charge in [-0.15, -0.1) is 0 Å². The number of amides is 1. The van der Waals surface area contributed by atoms with E-state index in [9.17, 15) is 4.79 Å². The third-order valence-corrected chi connectivity index (χ3v) is 2.56. The molecule has 17 heavy (non-hydrogen) atoms. The van der Waals surface area contributed by atoms with E-state index in [1.807, 2.05) is 35.0 Å². The molecule has 0 unspecified atom stereocenters. The lowest BCUT2D eigenvalue weighted by molar-refractivity contribution is -0.118. The SMILES string of the molecule is CCCOc1cccc2c1ccn2CC(N)=O. The third-order valence-electron chi connectivity index (χ3n) is 2.56. The van der Waals surface area contributed by atoms with E-state index in [0.29, 0.717) is 6.61 Å². The normalized spacial score (nSPS) is 10.6. The number of carbonyl (C=O) groups is 1. The van der Waals surface area contributed by atoms with E-state index in [1.54, 1.807) is 0 Å². The average Bonchev–Trinajstić information content (AvgIpc) is 2.70. The molecule has 4 nitrogen and oxygen atoms in total. The third kappa shape index (κ3) is 2.41. The number of fused-ring (bicyclic) bond motifs is 1. The molecule has 1 amide bonds. The highest BCUT2D eigenvalue weighted by atomic mass is 16.5.